The van der Waals surface area contributed by atoms with Crippen molar-refractivity contribution in [3.63, 3.8) is 0 Å². The summed E-state index contributed by atoms with van der Waals surface area (Å²) < 4.78 is 7.61. The number of hydrogen-bond acceptors (Lipinski definition) is 1. The van der Waals surface area contributed by atoms with Crippen LogP contribution >= 0.6 is 0 Å². The fourth-order valence-corrected chi connectivity index (χ4v) is 2.75. The molecule has 0 N–H and O–H groups in total. The average molecular weight is 253 g/mol. The van der Waals surface area contributed by atoms with E-state index < -0.39 is 0 Å². The van der Waals surface area contributed by atoms with E-state index >= 15 is 0 Å². The van der Waals surface area contributed by atoms with Crippen LogP contribution in [0.3, 0.4) is 0 Å². The summed E-state index contributed by atoms with van der Waals surface area (Å²) in [4.78, 5) is 0. The predicted octanol–water partition coefficient (Wildman–Crippen LogP) is 4.06. The molecule has 0 bridgehead atoms. The molecular formula is C17H19NO. The van der Waals surface area contributed by atoms with Gasteiger partial charge in [0.1, 0.15) is 0 Å². The van der Waals surface area contributed by atoms with Gasteiger partial charge in [-0.2, -0.15) is 0 Å². The van der Waals surface area contributed by atoms with Crippen molar-refractivity contribution in [2.24, 2.45) is 0 Å². The van der Waals surface area contributed by atoms with Gasteiger partial charge < -0.3 is 9.30 Å². The fourth-order valence-electron chi connectivity index (χ4n) is 2.75. The molecule has 0 saturated carbocycles. The Morgan fingerprint density at radius 2 is 1.63 bits per heavy atom. The van der Waals surface area contributed by atoms with Crippen LogP contribution in [-0.4, -0.2) is 18.3 Å². The number of aryl methyl sites for hydroxylation is 2. The molecule has 2 heteroatoms. The van der Waals surface area contributed by atoms with Gasteiger partial charge in [-0.25, -0.2) is 0 Å². The lowest BCUT2D eigenvalue weighted by Gasteiger charge is -2.07. The fraction of sp³-hybridized carbons (Fsp3) is 0.294. The van der Waals surface area contributed by atoms with Crippen molar-refractivity contribution in [1.82, 2.24) is 4.57 Å². The largest absolute Gasteiger partial charge is 0.383 e. The van der Waals surface area contributed by atoms with E-state index in [2.05, 4.69) is 54.8 Å². The van der Waals surface area contributed by atoms with Crippen LogP contribution in [0.2, 0.25) is 0 Å². The molecule has 1 heterocycles. The highest BCUT2D eigenvalue weighted by Gasteiger charge is 2.10. The van der Waals surface area contributed by atoms with Gasteiger partial charge >= 0.3 is 0 Å². The topological polar surface area (TPSA) is 14.2 Å². The Kier molecular flexibility index (Phi) is 3.03. The molecule has 0 atom stereocenters. The van der Waals surface area contributed by atoms with Crippen molar-refractivity contribution in [1.29, 1.82) is 0 Å². The summed E-state index contributed by atoms with van der Waals surface area (Å²) in [6.07, 6.45) is 0. The van der Waals surface area contributed by atoms with Crippen molar-refractivity contribution in [3.8, 4) is 0 Å². The maximum Gasteiger partial charge on any atom is 0.0642 e. The summed E-state index contributed by atoms with van der Waals surface area (Å²) in [5.41, 5.74) is 5.20. The Bertz CT molecular complexity index is 740. The van der Waals surface area contributed by atoms with Crippen molar-refractivity contribution in [2.75, 3.05) is 13.7 Å². The Hall–Kier alpha value is -1.80. The molecule has 3 rings (SSSR count). The molecule has 0 radical (unpaired) electrons. The van der Waals surface area contributed by atoms with Gasteiger partial charge in [0.15, 0.2) is 0 Å². The first-order chi connectivity index (χ1) is 9.20. The molecule has 0 fully saturated rings. The quantitative estimate of drug-likeness (QED) is 0.686. The predicted molar refractivity (Wildman–Crippen MR) is 80.8 cm³/mol. The van der Waals surface area contributed by atoms with Crippen molar-refractivity contribution in [2.45, 2.75) is 20.4 Å². The van der Waals surface area contributed by atoms with Crippen LogP contribution in [0.4, 0.5) is 0 Å². The van der Waals surface area contributed by atoms with Gasteiger partial charge in [0.05, 0.1) is 6.61 Å². The van der Waals surface area contributed by atoms with E-state index in [9.17, 15) is 0 Å². The van der Waals surface area contributed by atoms with Crippen LogP contribution < -0.4 is 0 Å². The number of nitrogens with zero attached hydrogens (tertiary/aromatic N) is 1. The van der Waals surface area contributed by atoms with Crippen molar-refractivity contribution >= 4 is 21.8 Å². The molecule has 19 heavy (non-hydrogen) atoms. The number of hydrogen-bond donors (Lipinski definition) is 0. The molecule has 2 aromatic carbocycles. The second-order valence-electron chi connectivity index (χ2n) is 5.19. The Morgan fingerprint density at radius 3 is 2.42 bits per heavy atom. The molecule has 0 aliphatic carbocycles. The third kappa shape index (κ3) is 2.02. The van der Waals surface area contributed by atoms with E-state index in [1.807, 2.05) is 0 Å². The first-order valence-electron chi connectivity index (χ1n) is 6.69. The number of rotatable bonds is 3. The lowest BCUT2D eigenvalue weighted by molar-refractivity contribution is 0.189. The minimum atomic E-state index is 0.737. The van der Waals surface area contributed by atoms with Gasteiger partial charge in [0.2, 0.25) is 0 Å². The SMILES string of the molecule is COCCn1c2ccc(C)cc2c2ccc(C)cc21. The van der Waals surface area contributed by atoms with E-state index in [-0.39, 0.29) is 0 Å². The Morgan fingerprint density at radius 1 is 0.895 bits per heavy atom. The number of methoxy groups -OCH3 is 1. The van der Waals surface area contributed by atoms with Crippen LogP contribution in [0.25, 0.3) is 21.8 Å². The van der Waals surface area contributed by atoms with Crippen LogP contribution in [0.15, 0.2) is 36.4 Å². The molecule has 0 unspecified atom stereocenters. The molecule has 0 saturated heterocycles. The minimum Gasteiger partial charge on any atom is -0.383 e. The third-order valence-corrected chi connectivity index (χ3v) is 3.70. The lowest BCUT2D eigenvalue weighted by Crippen LogP contribution is -2.03. The molecule has 1 aromatic heterocycles. The summed E-state index contributed by atoms with van der Waals surface area (Å²) in [5.74, 6) is 0. The molecule has 0 aliphatic rings. The van der Waals surface area contributed by atoms with Crippen molar-refractivity contribution < 1.29 is 4.74 Å². The van der Waals surface area contributed by atoms with Gasteiger partial charge in [-0.1, -0.05) is 23.8 Å². The highest BCUT2D eigenvalue weighted by molar-refractivity contribution is 6.08. The zero-order valence-electron chi connectivity index (χ0n) is 11.7. The van der Waals surface area contributed by atoms with Gasteiger partial charge in [0.25, 0.3) is 0 Å². The molecule has 0 amide bonds. The van der Waals surface area contributed by atoms with Crippen LogP contribution in [0.5, 0.6) is 0 Å². The standard InChI is InChI=1S/C17H19NO/c1-12-5-7-16-15(10-12)14-6-4-13(2)11-17(14)18(16)8-9-19-3/h4-7,10-11H,8-9H2,1-3H3. The molecule has 0 aliphatic heterocycles. The lowest BCUT2D eigenvalue weighted by atomic mass is 10.1. The molecule has 0 spiro atoms. The zero-order valence-corrected chi connectivity index (χ0v) is 11.7. The monoisotopic (exact) mass is 253 g/mol. The smallest absolute Gasteiger partial charge is 0.0642 e. The van der Waals surface area contributed by atoms with Gasteiger partial charge in [-0.3, -0.25) is 0 Å². The first kappa shape index (κ1) is 12.2. The molecule has 2 nitrogen and oxygen atoms in total. The van der Waals surface area contributed by atoms with Gasteiger partial charge in [0, 0.05) is 35.5 Å². The number of ether oxygens (including phenoxy) is 1. The summed E-state index contributed by atoms with van der Waals surface area (Å²) in [5, 5.41) is 2.67. The maximum atomic E-state index is 5.25. The summed E-state index contributed by atoms with van der Waals surface area (Å²) >= 11 is 0. The average Bonchev–Trinajstić information content (AvgIpc) is 2.69. The number of aromatic nitrogens is 1. The number of fused-ring (bicyclic) bond motifs is 3. The van der Waals surface area contributed by atoms with E-state index in [4.69, 9.17) is 4.74 Å². The van der Waals surface area contributed by atoms with E-state index in [1.165, 1.54) is 32.9 Å². The summed E-state index contributed by atoms with van der Waals surface area (Å²) in [7, 11) is 1.75. The van der Waals surface area contributed by atoms with Crippen LogP contribution in [-0.2, 0) is 11.3 Å². The summed E-state index contributed by atoms with van der Waals surface area (Å²) in [6.45, 7) is 5.92. The number of benzene rings is 2. The third-order valence-electron chi connectivity index (χ3n) is 3.70. The van der Waals surface area contributed by atoms with Gasteiger partial charge in [-0.15, -0.1) is 0 Å². The molecule has 3 aromatic rings. The maximum absolute atomic E-state index is 5.25. The molecular weight excluding hydrogens is 234 g/mol. The second kappa shape index (κ2) is 4.71. The second-order valence-corrected chi connectivity index (χ2v) is 5.19. The minimum absolute atomic E-state index is 0.737. The summed E-state index contributed by atoms with van der Waals surface area (Å²) in [6, 6.07) is 13.4. The van der Waals surface area contributed by atoms with Crippen molar-refractivity contribution in [3.05, 3.63) is 47.5 Å². The highest BCUT2D eigenvalue weighted by Crippen LogP contribution is 2.30. The molecule has 98 valence electrons. The first-order valence-corrected chi connectivity index (χ1v) is 6.69. The van der Waals surface area contributed by atoms with E-state index in [0.29, 0.717) is 0 Å². The zero-order chi connectivity index (χ0) is 13.4. The van der Waals surface area contributed by atoms with E-state index in [0.717, 1.165) is 13.2 Å². The highest BCUT2D eigenvalue weighted by atomic mass is 16.5. The van der Waals surface area contributed by atoms with Gasteiger partial charge in [-0.05, 0) is 37.6 Å². The normalized spacial score (nSPS) is 11.5. The Labute approximate surface area is 113 Å². The van der Waals surface area contributed by atoms with Crippen LogP contribution in [0, 0.1) is 13.8 Å². The van der Waals surface area contributed by atoms with Crippen LogP contribution in [0.1, 0.15) is 11.1 Å². The Balaban J connectivity index is 2.36. The van der Waals surface area contributed by atoms with E-state index in [1.54, 1.807) is 7.11 Å².